The Bertz CT molecular complexity index is 804. The van der Waals surface area contributed by atoms with Gasteiger partial charge in [0.1, 0.15) is 0 Å². The van der Waals surface area contributed by atoms with Crippen LogP contribution in [0.25, 0.3) is 0 Å². The van der Waals surface area contributed by atoms with Crippen molar-refractivity contribution in [3.05, 3.63) is 53.6 Å². The molecule has 0 aromatic heterocycles. The van der Waals surface area contributed by atoms with Crippen molar-refractivity contribution in [2.75, 3.05) is 25.7 Å². The van der Waals surface area contributed by atoms with Gasteiger partial charge in [-0.1, -0.05) is 6.07 Å². The van der Waals surface area contributed by atoms with E-state index in [1.54, 1.807) is 29.2 Å². The second-order valence-corrected chi connectivity index (χ2v) is 5.79. The van der Waals surface area contributed by atoms with Crippen LogP contribution in [0.1, 0.15) is 22.8 Å². The van der Waals surface area contributed by atoms with Gasteiger partial charge in [0.15, 0.2) is 18.1 Å². The van der Waals surface area contributed by atoms with Gasteiger partial charge in [0, 0.05) is 18.8 Å². The largest absolute Gasteiger partial charge is 0.454 e. The number of rotatable bonds is 6. The number of nitrogen functional groups attached to an aromatic ring is 1. The molecule has 2 aromatic rings. The summed E-state index contributed by atoms with van der Waals surface area (Å²) in [6.07, 6.45) is 0. The van der Waals surface area contributed by atoms with E-state index >= 15 is 0 Å². The summed E-state index contributed by atoms with van der Waals surface area (Å²) in [7, 11) is 0. The van der Waals surface area contributed by atoms with Gasteiger partial charge < -0.3 is 24.8 Å². The lowest BCUT2D eigenvalue weighted by molar-refractivity contribution is -0.134. The molecule has 7 nitrogen and oxygen atoms in total. The molecule has 1 amide bonds. The highest BCUT2D eigenvalue weighted by Gasteiger charge is 2.18. The first kappa shape index (κ1) is 17.6. The first-order valence-electron chi connectivity index (χ1n) is 8.25. The van der Waals surface area contributed by atoms with E-state index in [2.05, 4.69) is 0 Å². The molecule has 0 aliphatic carbocycles. The summed E-state index contributed by atoms with van der Waals surface area (Å²) in [5.74, 6) is 0.535. The number of anilines is 1. The highest BCUT2D eigenvalue weighted by atomic mass is 16.7. The molecule has 0 saturated carbocycles. The highest BCUT2D eigenvalue weighted by Crippen LogP contribution is 2.32. The number of nitrogens with zero attached hydrogens (tertiary/aromatic N) is 1. The average molecular weight is 356 g/mol. The number of benzene rings is 2. The van der Waals surface area contributed by atoms with Crippen molar-refractivity contribution in [2.24, 2.45) is 0 Å². The van der Waals surface area contributed by atoms with Crippen LogP contribution < -0.4 is 15.2 Å². The number of fused-ring (bicyclic) bond motifs is 1. The Morgan fingerprint density at radius 1 is 1.12 bits per heavy atom. The molecule has 0 fully saturated rings. The zero-order chi connectivity index (χ0) is 18.5. The summed E-state index contributed by atoms with van der Waals surface area (Å²) in [6.45, 7) is 2.64. The van der Waals surface area contributed by atoms with Gasteiger partial charge in [0.2, 0.25) is 6.79 Å². The predicted molar refractivity (Wildman–Crippen MR) is 94.8 cm³/mol. The summed E-state index contributed by atoms with van der Waals surface area (Å²) in [5.41, 5.74) is 7.40. The van der Waals surface area contributed by atoms with Gasteiger partial charge in [0.05, 0.1) is 5.56 Å². The molecule has 2 aromatic carbocycles. The van der Waals surface area contributed by atoms with Crippen LogP contribution in [0.15, 0.2) is 42.5 Å². The van der Waals surface area contributed by atoms with Crippen molar-refractivity contribution in [1.29, 1.82) is 0 Å². The molecule has 0 saturated heterocycles. The quantitative estimate of drug-likeness (QED) is 0.630. The molecule has 1 aliphatic rings. The van der Waals surface area contributed by atoms with Crippen molar-refractivity contribution in [3.8, 4) is 11.5 Å². The Morgan fingerprint density at radius 2 is 1.85 bits per heavy atom. The lowest BCUT2D eigenvalue weighted by Gasteiger charge is -2.21. The van der Waals surface area contributed by atoms with E-state index in [4.69, 9.17) is 19.9 Å². The van der Waals surface area contributed by atoms with Gasteiger partial charge in [-0.05, 0) is 48.9 Å². The van der Waals surface area contributed by atoms with Crippen molar-refractivity contribution < 1.29 is 23.8 Å². The molecule has 136 valence electrons. The Hall–Kier alpha value is -3.22. The van der Waals surface area contributed by atoms with Crippen molar-refractivity contribution in [1.82, 2.24) is 4.90 Å². The number of carbonyl (C=O) groups excluding carboxylic acids is 2. The third-order valence-corrected chi connectivity index (χ3v) is 4.02. The Balaban J connectivity index is 1.56. The maximum absolute atomic E-state index is 12.4. The molecule has 2 N–H and O–H groups in total. The standard InChI is InChI=1S/C19H20N2O5/c1-2-21(10-13-3-8-16-17(9-13)26-12-25-16)18(22)11-24-19(23)14-4-6-15(20)7-5-14/h3-9H,2,10-12,20H2,1H3. The van der Waals surface area contributed by atoms with E-state index in [1.807, 2.05) is 25.1 Å². The summed E-state index contributed by atoms with van der Waals surface area (Å²) in [5, 5.41) is 0. The summed E-state index contributed by atoms with van der Waals surface area (Å²) in [4.78, 5) is 26.0. The van der Waals surface area contributed by atoms with Crippen molar-refractivity contribution in [3.63, 3.8) is 0 Å². The molecule has 0 radical (unpaired) electrons. The number of hydrogen-bond donors (Lipinski definition) is 1. The molecule has 0 spiro atoms. The highest BCUT2D eigenvalue weighted by molar-refractivity contribution is 5.91. The van der Waals surface area contributed by atoms with Crippen LogP contribution >= 0.6 is 0 Å². The minimum atomic E-state index is -0.558. The number of esters is 1. The molecule has 0 atom stereocenters. The normalized spacial score (nSPS) is 11.9. The maximum Gasteiger partial charge on any atom is 0.338 e. The second kappa shape index (κ2) is 7.77. The number of likely N-dealkylation sites (N-methyl/N-ethyl adjacent to an activating group) is 1. The fourth-order valence-electron chi connectivity index (χ4n) is 2.56. The number of nitrogens with two attached hydrogens (primary N) is 1. The smallest absolute Gasteiger partial charge is 0.338 e. The fraction of sp³-hybridized carbons (Fsp3) is 0.263. The topological polar surface area (TPSA) is 91.1 Å². The molecule has 0 bridgehead atoms. The predicted octanol–water partition coefficient (Wildman–Crippen LogP) is 2.20. The van der Waals surface area contributed by atoms with Crippen LogP contribution in [0, 0.1) is 0 Å². The third-order valence-electron chi connectivity index (χ3n) is 4.02. The van der Waals surface area contributed by atoms with Gasteiger partial charge in [-0.15, -0.1) is 0 Å². The Morgan fingerprint density at radius 3 is 2.58 bits per heavy atom. The molecular weight excluding hydrogens is 336 g/mol. The first-order valence-corrected chi connectivity index (χ1v) is 8.25. The molecule has 1 aliphatic heterocycles. The van der Waals surface area contributed by atoms with Crippen LogP contribution in [-0.4, -0.2) is 36.7 Å². The molecule has 26 heavy (non-hydrogen) atoms. The minimum Gasteiger partial charge on any atom is -0.454 e. The van der Waals surface area contributed by atoms with Crippen LogP contribution in [-0.2, 0) is 16.1 Å². The van der Waals surface area contributed by atoms with E-state index in [9.17, 15) is 9.59 Å². The van der Waals surface area contributed by atoms with E-state index in [1.165, 1.54) is 0 Å². The monoisotopic (exact) mass is 356 g/mol. The van der Waals surface area contributed by atoms with Gasteiger partial charge in [-0.3, -0.25) is 4.79 Å². The van der Waals surface area contributed by atoms with Gasteiger partial charge in [-0.25, -0.2) is 4.79 Å². The number of amides is 1. The Labute approximate surface area is 151 Å². The average Bonchev–Trinajstić information content (AvgIpc) is 3.12. The fourth-order valence-corrected chi connectivity index (χ4v) is 2.56. The van der Waals surface area contributed by atoms with Gasteiger partial charge in [-0.2, -0.15) is 0 Å². The van der Waals surface area contributed by atoms with E-state index in [-0.39, 0.29) is 19.3 Å². The van der Waals surface area contributed by atoms with E-state index < -0.39 is 5.97 Å². The Kier molecular flexibility index (Phi) is 5.26. The van der Waals surface area contributed by atoms with Crippen LogP contribution in [0.4, 0.5) is 5.69 Å². The van der Waals surface area contributed by atoms with Crippen LogP contribution in [0.2, 0.25) is 0 Å². The summed E-state index contributed by atoms with van der Waals surface area (Å²) < 4.78 is 15.7. The maximum atomic E-state index is 12.4. The van der Waals surface area contributed by atoms with E-state index in [0.29, 0.717) is 35.8 Å². The summed E-state index contributed by atoms with van der Waals surface area (Å²) in [6, 6.07) is 11.9. The van der Waals surface area contributed by atoms with Crippen LogP contribution in [0.5, 0.6) is 11.5 Å². The van der Waals surface area contributed by atoms with Crippen LogP contribution in [0.3, 0.4) is 0 Å². The van der Waals surface area contributed by atoms with Gasteiger partial charge >= 0.3 is 5.97 Å². The zero-order valence-electron chi connectivity index (χ0n) is 14.4. The first-order chi connectivity index (χ1) is 12.6. The van der Waals surface area contributed by atoms with E-state index in [0.717, 1.165) is 5.56 Å². The molecule has 0 unspecified atom stereocenters. The van der Waals surface area contributed by atoms with Crippen molar-refractivity contribution in [2.45, 2.75) is 13.5 Å². The molecule has 3 rings (SSSR count). The third kappa shape index (κ3) is 4.05. The van der Waals surface area contributed by atoms with Gasteiger partial charge in [0.25, 0.3) is 5.91 Å². The molecular formula is C19H20N2O5. The number of carbonyl (C=O) groups is 2. The summed E-state index contributed by atoms with van der Waals surface area (Å²) >= 11 is 0. The zero-order valence-corrected chi connectivity index (χ0v) is 14.4. The lowest BCUT2D eigenvalue weighted by atomic mass is 10.2. The minimum absolute atomic E-state index is 0.205. The lowest BCUT2D eigenvalue weighted by Crippen LogP contribution is -2.34. The molecule has 1 heterocycles. The second-order valence-electron chi connectivity index (χ2n) is 5.79. The number of hydrogen-bond acceptors (Lipinski definition) is 6. The molecule has 7 heteroatoms. The SMILES string of the molecule is CCN(Cc1ccc2c(c1)OCO2)C(=O)COC(=O)c1ccc(N)cc1. The number of ether oxygens (including phenoxy) is 3. The van der Waals surface area contributed by atoms with Crippen molar-refractivity contribution >= 4 is 17.6 Å².